The molecular weight excluding hydrogens is 240 g/mol. The number of hydrogen-bond acceptors (Lipinski definition) is 5. The molecule has 5 nitrogen and oxygen atoms in total. The number of hydrogen-bond donors (Lipinski definition) is 1. The topological polar surface area (TPSA) is 68.2 Å². The fourth-order valence-corrected chi connectivity index (χ4v) is 2.98. The standard InChI is InChI=1S/C11H18N4O.ClH/c1-11(2)7-4-15(5-8(7)11)6-9-13-10(3-12)16-14-9;/h7-8H,3-6,12H2,1-2H3;1H. The van der Waals surface area contributed by atoms with Crippen LogP contribution >= 0.6 is 12.4 Å². The number of nitrogens with two attached hydrogens (primary N) is 1. The van der Waals surface area contributed by atoms with Gasteiger partial charge in [-0.25, -0.2) is 0 Å². The van der Waals surface area contributed by atoms with E-state index in [0.29, 0.717) is 17.9 Å². The van der Waals surface area contributed by atoms with E-state index < -0.39 is 0 Å². The van der Waals surface area contributed by atoms with Crippen molar-refractivity contribution in [3.63, 3.8) is 0 Å². The molecule has 3 rings (SSSR count). The predicted molar refractivity (Wildman–Crippen MR) is 65.5 cm³/mol. The average Bonchev–Trinajstić information content (AvgIpc) is 2.73. The maximum atomic E-state index is 5.43. The van der Waals surface area contributed by atoms with Crippen molar-refractivity contribution < 1.29 is 4.52 Å². The van der Waals surface area contributed by atoms with Crippen molar-refractivity contribution in [2.45, 2.75) is 26.9 Å². The summed E-state index contributed by atoms with van der Waals surface area (Å²) in [4.78, 5) is 6.63. The lowest BCUT2D eigenvalue weighted by Gasteiger charge is -2.19. The van der Waals surface area contributed by atoms with E-state index in [1.54, 1.807) is 0 Å². The monoisotopic (exact) mass is 258 g/mol. The smallest absolute Gasteiger partial charge is 0.240 e. The van der Waals surface area contributed by atoms with Crippen LogP contribution in [-0.4, -0.2) is 28.1 Å². The van der Waals surface area contributed by atoms with Crippen molar-refractivity contribution in [2.24, 2.45) is 23.0 Å². The summed E-state index contributed by atoms with van der Waals surface area (Å²) in [6.07, 6.45) is 0. The van der Waals surface area contributed by atoms with E-state index in [0.717, 1.165) is 24.2 Å². The average molecular weight is 259 g/mol. The van der Waals surface area contributed by atoms with Gasteiger partial charge in [0.15, 0.2) is 5.82 Å². The Kier molecular flexibility index (Phi) is 3.18. The summed E-state index contributed by atoms with van der Waals surface area (Å²) in [5.74, 6) is 3.03. The van der Waals surface area contributed by atoms with E-state index in [2.05, 4.69) is 28.9 Å². The second-order valence-electron chi connectivity index (χ2n) is 5.54. The van der Waals surface area contributed by atoms with Crippen LogP contribution in [0.15, 0.2) is 4.52 Å². The van der Waals surface area contributed by atoms with Gasteiger partial charge >= 0.3 is 0 Å². The molecule has 0 aromatic carbocycles. The Bertz CT molecular complexity index is 392. The van der Waals surface area contributed by atoms with Crippen molar-refractivity contribution in [1.82, 2.24) is 15.0 Å². The van der Waals surface area contributed by atoms with E-state index in [1.807, 2.05) is 0 Å². The van der Waals surface area contributed by atoms with Crippen molar-refractivity contribution >= 4 is 12.4 Å². The molecule has 0 amide bonds. The highest BCUT2D eigenvalue weighted by Crippen LogP contribution is 2.61. The number of fused-ring (bicyclic) bond motifs is 1. The molecule has 1 saturated carbocycles. The van der Waals surface area contributed by atoms with E-state index >= 15 is 0 Å². The maximum absolute atomic E-state index is 5.43. The number of rotatable bonds is 3. The molecular formula is C11H19ClN4O. The third-order valence-corrected chi connectivity index (χ3v) is 4.25. The van der Waals surface area contributed by atoms with Gasteiger partial charge in [0.05, 0.1) is 13.1 Å². The zero-order valence-corrected chi connectivity index (χ0v) is 11.0. The quantitative estimate of drug-likeness (QED) is 0.877. The van der Waals surface area contributed by atoms with E-state index in [9.17, 15) is 0 Å². The maximum Gasteiger partial charge on any atom is 0.240 e. The van der Waals surface area contributed by atoms with Gasteiger partial charge in [-0.2, -0.15) is 4.98 Å². The third-order valence-electron chi connectivity index (χ3n) is 4.25. The second-order valence-corrected chi connectivity index (χ2v) is 5.54. The van der Waals surface area contributed by atoms with Gasteiger partial charge in [-0.05, 0) is 17.3 Å². The van der Waals surface area contributed by atoms with Crippen LogP contribution < -0.4 is 5.73 Å². The molecule has 17 heavy (non-hydrogen) atoms. The molecule has 2 unspecified atom stereocenters. The van der Waals surface area contributed by atoms with Gasteiger partial charge in [0.2, 0.25) is 5.89 Å². The lowest BCUT2D eigenvalue weighted by Crippen LogP contribution is -2.26. The van der Waals surface area contributed by atoms with Crippen LogP contribution in [0.4, 0.5) is 0 Å². The first-order chi connectivity index (χ1) is 7.61. The zero-order valence-electron chi connectivity index (χ0n) is 10.2. The van der Waals surface area contributed by atoms with Gasteiger partial charge in [0.1, 0.15) is 0 Å². The minimum absolute atomic E-state index is 0. The van der Waals surface area contributed by atoms with Crippen LogP contribution in [0.2, 0.25) is 0 Å². The number of nitrogens with zero attached hydrogens (tertiary/aromatic N) is 3. The summed E-state index contributed by atoms with van der Waals surface area (Å²) < 4.78 is 4.99. The van der Waals surface area contributed by atoms with E-state index in [1.165, 1.54) is 13.1 Å². The van der Waals surface area contributed by atoms with Crippen molar-refractivity contribution in [2.75, 3.05) is 13.1 Å². The summed E-state index contributed by atoms with van der Waals surface area (Å²) >= 11 is 0. The number of piperidine rings is 1. The first kappa shape index (κ1) is 12.8. The summed E-state index contributed by atoms with van der Waals surface area (Å²) in [6.45, 7) is 8.19. The first-order valence-corrected chi connectivity index (χ1v) is 5.85. The molecule has 2 N–H and O–H groups in total. The molecule has 2 aliphatic rings. The van der Waals surface area contributed by atoms with Gasteiger partial charge in [-0.15, -0.1) is 12.4 Å². The molecule has 0 radical (unpaired) electrons. The van der Waals surface area contributed by atoms with Crippen LogP contribution in [0.3, 0.4) is 0 Å². The normalized spacial score (nSPS) is 29.8. The fourth-order valence-electron chi connectivity index (χ4n) is 2.98. The highest BCUT2D eigenvalue weighted by molar-refractivity contribution is 5.85. The van der Waals surface area contributed by atoms with Crippen LogP contribution in [0.1, 0.15) is 25.6 Å². The number of aromatic nitrogens is 2. The molecule has 1 aliphatic carbocycles. The summed E-state index contributed by atoms with van der Waals surface area (Å²) in [5, 5.41) is 3.92. The minimum atomic E-state index is 0. The number of halogens is 1. The largest absolute Gasteiger partial charge is 0.338 e. The Morgan fingerprint density at radius 2 is 2.06 bits per heavy atom. The SMILES string of the molecule is CC1(C)C2CN(Cc3noc(CN)n3)CC21.Cl. The van der Waals surface area contributed by atoms with Crippen molar-refractivity contribution in [1.29, 1.82) is 0 Å². The molecule has 2 heterocycles. The van der Waals surface area contributed by atoms with Gasteiger partial charge in [-0.1, -0.05) is 19.0 Å². The van der Waals surface area contributed by atoms with Crippen LogP contribution in [0.25, 0.3) is 0 Å². The molecule has 2 fully saturated rings. The van der Waals surface area contributed by atoms with Crippen molar-refractivity contribution in [3.05, 3.63) is 11.7 Å². The van der Waals surface area contributed by atoms with E-state index in [-0.39, 0.29) is 12.4 Å². The minimum Gasteiger partial charge on any atom is -0.338 e. The van der Waals surface area contributed by atoms with Crippen LogP contribution in [-0.2, 0) is 13.1 Å². The van der Waals surface area contributed by atoms with Crippen LogP contribution in [0.5, 0.6) is 0 Å². The molecule has 1 aromatic rings. The van der Waals surface area contributed by atoms with Crippen LogP contribution in [0, 0.1) is 17.3 Å². The molecule has 1 saturated heterocycles. The summed E-state index contributed by atoms with van der Waals surface area (Å²) in [7, 11) is 0. The Hall–Kier alpha value is -0.650. The molecule has 0 spiro atoms. The summed E-state index contributed by atoms with van der Waals surface area (Å²) in [5.41, 5.74) is 5.99. The predicted octanol–water partition coefficient (Wildman–Crippen LogP) is 1.04. The molecule has 1 aliphatic heterocycles. The van der Waals surface area contributed by atoms with Gasteiger partial charge in [-0.3, -0.25) is 4.90 Å². The molecule has 1 aromatic heterocycles. The molecule has 6 heteroatoms. The lowest BCUT2D eigenvalue weighted by molar-refractivity contribution is 0.242. The lowest BCUT2D eigenvalue weighted by atomic mass is 10.1. The highest BCUT2D eigenvalue weighted by atomic mass is 35.5. The van der Waals surface area contributed by atoms with Gasteiger partial charge in [0, 0.05) is 13.1 Å². The number of likely N-dealkylation sites (tertiary alicyclic amines) is 1. The third kappa shape index (κ3) is 2.07. The molecule has 0 bridgehead atoms. The molecule has 96 valence electrons. The van der Waals surface area contributed by atoms with Crippen molar-refractivity contribution in [3.8, 4) is 0 Å². The fraction of sp³-hybridized carbons (Fsp3) is 0.818. The Balaban J connectivity index is 0.00000108. The van der Waals surface area contributed by atoms with Gasteiger partial charge in [0.25, 0.3) is 0 Å². The van der Waals surface area contributed by atoms with Gasteiger partial charge < -0.3 is 10.3 Å². The molecule has 2 atom stereocenters. The highest BCUT2D eigenvalue weighted by Gasteiger charge is 2.61. The van der Waals surface area contributed by atoms with E-state index in [4.69, 9.17) is 10.3 Å². The Morgan fingerprint density at radius 3 is 2.59 bits per heavy atom. The second kappa shape index (κ2) is 4.23. The first-order valence-electron chi connectivity index (χ1n) is 5.85. The zero-order chi connectivity index (χ0) is 11.3. The Morgan fingerprint density at radius 1 is 1.41 bits per heavy atom. The summed E-state index contributed by atoms with van der Waals surface area (Å²) in [6, 6.07) is 0. The Labute approximate surface area is 107 Å².